The van der Waals surface area contributed by atoms with Crippen molar-refractivity contribution in [3.63, 3.8) is 0 Å². The maximum atomic E-state index is 12.7. The molecule has 30 heavy (non-hydrogen) atoms. The largest absolute Gasteiger partial charge is 0.416 e. The van der Waals surface area contributed by atoms with Crippen LogP contribution in [0, 0.1) is 10.1 Å². The molecule has 0 saturated carbocycles. The minimum Gasteiger partial charge on any atom is -0.416 e. The van der Waals surface area contributed by atoms with Crippen molar-refractivity contribution >= 4 is 34.3 Å². The van der Waals surface area contributed by atoms with E-state index in [-0.39, 0.29) is 11.4 Å². The first-order valence-electron chi connectivity index (χ1n) is 9.19. The fourth-order valence-corrected chi connectivity index (χ4v) is 3.07. The Morgan fingerprint density at radius 2 is 1.63 bits per heavy atom. The topological polar surface area (TPSA) is 81.8 Å². The minimum absolute atomic E-state index is 0.116. The van der Waals surface area contributed by atoms with E-state index in [1.165, 1.54) is 18.3 Å². The fraction of sp³-hybridized carbons (Fsp3) is 0. The highest BCUT2D eigenvalue weighted by atomic mass is 16.6. The molecule has 0 radical (unpaired) electrons. The second-order valence-corrected chi connectivity index (χ2v) is 6.49. The Labute approximate surface area is 172 Å². The lowest BCUT2D eigenvalue weighted by molar-refractivity contribution is -0.385. The van der Waals surface area contributed by atoms with E-state index in [0.717, 1.165) is 16.5 Å². The van der Waals surface area contributed by atoms with Gasteiger partial charge in [-0.05, 0) is 46.7 Å². The van der Waals surface area contributed by atoms with Crippen LogP contribution in [0.1, 0.15) is 15.9 Å². The number of nitrogens with zero attached hydrogens (tertiary/aromatic N) is 2. The smallest absolute Gasteiger partial charge is 0.344 e. The highest BCUT2D eigenvalue weighted by molar-refractivity contribution is 6.05. The van der Waals surface area contributed by atoms with Gasteiger partial charge < -0.3 is 4.74 Å². The van der Waals surface area contributed by atoms with Gasteiger partial charge in [-0.15, -0.1) is 0 Å². The lowest BCUT2D eigenvalue weighted by atomic mass is 10.0. The molecule has 0 saturated heterocycles. The summed E-state index contributed by atoms with van der Waals surface area (Å²) in [5.41, 5.74) is 1.29. The summed E-state index contributed by atoms with van der Waals surface area (Å²) >= 11 is 0. The zero-order chi connectivity index (χ0) is 20.9. The van der Waals surface area contributed by atoms with E-state index in [0.29, 0.717) is 11.1 Å². The first kappa shape index (κ1) is 19.0. The van der Waals surface area contributed by atoms with Gasteiger partial charge >= 0.3 is 11.7 Å². The van der Waals surface area contributed by atoms with Gasteiger partial charge in [-0.3, -0.25) is 15.1 Å². The van der Waals surface area contributed by atoms with Gasteiger partial charge in [0, 0.05) is 12.3 Å². The van der Waals surface area contributed by atoms with Crippen molar-refractivity contribution in [2.45, 2.75) is 0 Å². The van der Waals surface area contributed by atoms with E-state index in [1.807, 2.05) is 60.7 Å². The van der Waals surface area contributed by atoms with Gasteiger partial charge in [-0.1, -0.05) is 54.6 Å². The first-order chi connectivity index (χ1) is 14.6. The molecule has 0 heterocycles. The van der Waals surface area contributed by atoms with Gasteiger partial charge in [0.2, 0.25) is 5.75 Å². The molecule has 0 bridgehead atoms. The van der Waals surface area contributed by atoms with E-state index in [9.17, 15) is 14.9 Å². The molecule has 0 spiro atoms. The number of rotatable bonds is 5. The number of hydrogen-bond donors (Lipinski definition) is 0. The van der Waals surface area contributed by atoms with Crippen LogP contribution < -0.4 is 4.74 Å². The number of benzene rings is 4. The molecule has 4 aromatic carbocycles. The first-order valence-corrected chi connectivity index (χ1v) is 9.19. The Kier molecular flexibility index (Phi) is 5.30. The second kappa shape index (κ2) is 8.36. The van der Waals surface area contributed by atoms with Crippen molar-refractivity contribution in [2.24, 2.45) is 4.99 Å². The molecule has 6 heteroatoms. The lowest BCUT2D eigenvalue weighted by Crippen LogP contribution is -2.10. The standard InChI is InChI=1S/C24H16N2O4/c27-24(21-12-6-8-18-7-4-5-11-20(18)21)30-23-14-13-17(15-22(23)26(28)29)16-25-19-9-2-1-3-10-19/h1-16H. The Balaban J connectivity index is 1.63. The number of nitro groups is 1. The van der Waals surface area contributed by atoms with E-state index in [1.54, 1.807) is 18.2 Å². The minimum atomic E-state index is -0.652. The van der Waals surface area contributed by atoms with E-state index < -0.39 is 10.9 Å². The number of carbonyl (C=O) groups is 1. The maximum absolute atomic E-state index is 12.7. The van der Waals surface area contributed by atoms with Crippen molar-refractivity contribution in [1.82, 2.24) is 0 Å². The third-order valence-corrected chi connectivity index (χ3v) is 4.51. The van der Waals surface area contributed by atoms with Gasteiger partial charge in [0.25, 0.3) is 0 Å². The molecule has 0 aliphatic carbocycles. The molecule has 0 N–H and O–H groups in total. The van der Waals surface area contributed by atoms with Crippen LogP contribution in [0.5, 0.6) is 5.75 Å². The van der Waals surface area contributed by atoms with Crippen LogP contribution in [0.25, 0.3) is 10.8 Å². The third-order valence-electron chi connectivity index (χ3n) is 4.51. The quantitative estimate of drug-likeness (QED) is 0.142. The maximum Gasteiger partial charge on any atom is 0.344 e. The van der Waals surface area contributed by atoms with Gasteiger partial charge in [0.1, 0.15) is 0 Å². The summed E-state index contributed by atoms with van der Waals surface area (Å²) < 4.78 is 5.39. The molecule has 4 rings (SSSR count). The zero-order valence-corrected chi connectivity index (χ0v) is 15.8. The summed E-state index contributed by atoms with van der Waals surface area (Å²) in [5, 5.41) is 13.2. The number of fused-ring (bicyclic) bond motifs is 1. The van der Waals surface area contributed by atoms with Crippen molar-refractivity contribution < 1.29 is 14.5 Å². The van der Waals surface area contributed by atoms with Gasteiger partial charge in [0.05, 0.1) is 16.2 Å². The lowest BCUT2D eigenvalue weighted by Gasteiger charge is -2.08. The number of aliphatic imine (C=N–C) groups is 1. The Morgan fingerprint density at radius 3 is 2.43 bits per heavy atom. The van der Waals surface area contributed by atoms with Crippen LogP contribution in [-0.4, -0.2) is 17.1 Å². The number of esters is 1. The van der Waals surface area contributed by atoms with Crippen LogP contribution >= 0.6 is 0 Å². The molecular weight excluding hydrogens is 380 g/mol. The molecule has 0 atom stereocenters. The molecule has 0 amide bonds. The second-order valence-electron chi connectivity index (χ2n) is 6.49. The number of carbonyl (C=O) groups excluding carboxylic acids is 1. The highest BCUT2D eigenvalue weighted by Gasteiger charge is 2.20. The number of nitro benzene ring substituents is 1. The van der Waals surface area contributed by atoms with Crippen LogP contribution in [-0.2, 0) is 0 Å². The van der Waals surface area contributed by atoms with Crippen LogP contribution in [0.3, 0.4) is 0 Å². The summed E-state index contributed by atoms with van der Waals surface area (Å²) in [6, 6.07) is 26.2. The monoisotopic (exact) mass is 396 g/mol. The summed E-state index contributed by atoms with van der Waals surface area (Å²) in [7, 11) is 0. The Bertz CT molecular complexity index is 1260. The van der Waals surface area contributed by atoms with Gasteiger partial charge in [-0.2, -0.15) is 0 Å². The van der Waals surface area contributed by atoms with Crippen molar-refractivity contribution in [2.75, 3.05) is 0 Å². The molecule has 0 aliphatic rings. The molecule has 146 valence electrons. The van der Waals surface area contributed by atoms with Crippen molar-refractivity contribution in [3.8, 4) is 5.75 Å². The average molecular weight is 396 g/mol. The number of para-hydroxylation sites is 1. The van der Waals surface area contributed by atoms with Crippen molar-refractivity contribution in [3.05, 3.63) is 112 Å². The normalized spacial score (nSPS) is 10.9. The van der Waals surface area contributed by atoms with Gasteiger partial charge in [0.15, 0.2) is 0 Å². The van der Waals surface area contributed by atoms with Crippen molar-refractivity contribution in [1.29, 1.82) is 0 Å². The number of hydrogen-bond acceptors (Lipinski definition) is 5. The summed E-state index contributed by atoms with van der Waals surface area (Å²) in [6.45, 7) is 0. The summed E-state index contributed by atoms with van der Waals surface area (Å²) in [4.78, 5) is 28.0. The molecular formula is C24H16N2O4. The van der Waals surface area contributed by atoms with E-state index >= 15 is 0 Å². The van der Waals surface area contributed by atoms with E-state index in [2.05, 4.69) is 4.99 Å². The summed E-state index contributed by atoms with van der Waals surface area (Å²) in [6.07, 6.45) is 1.53. The Hall–Kier alpha value is -4.32. The molecule has 0 unspecified atom stereocenters. The molecule has 0 aromatic heterocycles. The summed E-state index contributed by atoms with van der Waals surface area (Å²) in [5.74, 6) is -0.768. The van der Waals surface area contributed by atoms with Crippen LogP contribution in [0.4, 0.5) is 11.4 Å². The molecule has 0 aliphatic heterocycles. The molecule has 0 fully saturated rings. The van der Waals surface area contributed by atoms with Crippen LogP contribution in [0.2, 0.25) is 0 Å². The SMILES string of the molecule is O=C(Oc1ccc(C=Nc2ccccc2)cc1[N+](=O)[O-])c1cccc2ccccc12. The third kappa shape index (κ3) is 4.07. The highest BCUT2D eigenvalue weighted by Crippen LogP contribution is 2.29. The predicted octanol–water partition coefficient (Wildman–Crippen LogP) is 5.72. The Morgan fingerprint density at radius 1 is 0.900 bits per heavy atom. The average Bonchev–Trinajstić information content (AvgIpc) is 2.78. The fourth-order valence-electron chi connectivity index (χ4n) is 3.07. The zero-order valence-electron chi connectivity index (χ0n) is 15.8. The van der Waals surface area contributed by atoms with E-state index in [4.69, 9.17) is 4.74 Å². The van der Waals surface area contributed by atoms with Crippen LogP contribution in [0.15, 0.2) is 96.0 Å². The number of ether oxygens (including phenoxy) is 1. The van der Waals surface area contributed by atoms with Gasteiger partial charge in [-0.25, -0.2) is 4.79 Å². The molecule has 4 aromatic rings. The molecule has 6 nitrogen and oxygen atoms in total. The predicted molar refractivity (Wildman–Crippen MR) is 116 cm³/mol.